The fraction of sp³-hybridized carbons (Fsp3) is 0.750. The average Bonchev–Trinajstić information content (AvgIpc) is 2.03. The first-order valence-electron chi connectivity index (χ1n) is 3.94. The molecule has 0 saturated heterocycles. The van der Waals surface area contributed by atoms with Crippen molar-refractivity contribution in [1.29, 1.82) is 0 Å². The van der Waals surface area contributed by atoms with Gasteiger partial charge in [-0.15, -0.1) is 0 Å². The molecular formula is C8H16OS3. The van der Waals surface area contributed by atoms with Crippen molar-refractivity contribution in [2.75, 3.05) is 12.0 Å². The van der Waals surface area contributed by atoms with Crippen LogP contribution in [-0.2, 0) is 10.8 Å². The van der Waals surface area contributed by atoms with E-state index < -0.39 is 10.8 Å². The molecule has 12 heavy (non-hydrogen) atoms. The second kappa shape index (κ2) is 8.20. The molecule has 0 aromatic rings. The van der Waals surface area contributed by atoms with Crippen LogP contribution in [0.5, 0.6) is 0 Å². The summed E-state index contributed by atoms with van der Waals surface area (Å²) in [5.41, 5.74) is 0. The summed E-state index contributed by atoms with van der Waals surface area (Å²) in [6, 6.07) is 0. The molecule has 0 aromatic heterocycles. The van der Waals surface area contributed by atoms with Crippen LogP contribution in [0.15, 0.2) is 11.5 Å². The molecule has 0 spiro atoms. The van der Waals surface area contributed by atoms with E-state index in [1.54, 1.807) is 11.7 Å². The van der Waals surface area contributed by atoms with Gasteiger partial charge in [-0.1, -0.05) is 41.5 Å². The maximum absolute atomic E-state index is 10.6. The molecule has 0 saturated carbocycles. The minimum absolute atomic E-state index is 0.718. The Morgan fingerprint density at radius 3 is 2.75 bits per heavy atom. The minimum atomic E-state index is -0.785. The zero-order chi connectivity index (χ0) is 9.40. The smallest absolute Gasteiger partial charge is 0.0421 e. The third-order valence-electron chi connectivity index (χ3n) is 1.26. The Bertz CT molecular complexity index is 156. The SMILES string of the molecule is CC[C@@H](C)SSC/C=C/[S@](C)=O. The van der Waals surface area contributed by atoms with Gasteiger partial charge in [-0.05, 0) is 11.8 Å². The van der Waals surface area contributed by atoms with Crippen LogP contribution in [0.4, 0.5) is 0 Å². The highest BCUT2D eigenvalue weighted by atomic mass is 33.1. The Hall–Kier alpha value is 0.590. The molecule has 72 valence electrons. The number of hydrogen-bond acceptors (Lipinski definition) is 3. The fourth-order valence-corrected chi connectivity index (χ4v) is 3.12. The summed E-state index contributed by atoms with van der Waals surface area (Å²) >= 11 is 0. The van der Waals surface area contributed by atoms with Gasteiger partial charge in [0.25, 0.3) is 0 Å². The highest BCUT2D eigenvalue weighted by Gasteiger charge is 1.96. The Kier molecular flexibility index (Phi) is 8.60. The van der Waals surface area contributed by atoms with Crippen molar-refractivity contribution in [1.82, 2.24) is 0 Å². The molecule has 0 aromatic carbocycles. The number of rotatable bonds is 6. The normalized spacial score (nSPS) is 16.6. The lowest BCUT2D eigenvalue weighted by molar-refractivity contribution is 0.691. The quantitative estimate of drug-likeness (QED) is 0.510. The van der Waals surface area contributed by atoms with Crippen LogP contribution in [0.2, 0.25) is 0 Å². The molecule has 0 fully saturated rings. The largest absolute Gasteiger partial charge is 0.255 e. The molecular weight excluding hydrogens is 208 g/mol. The Morgan fingerprint density at radius 1 is 1.58 bits per heavy atom. The van der Waals surface area contributed by atoms with Crippen molar-refractivity contribution in [2.45, 2.75) is 25.5 Å². The summed E-state index contributed by atoms with van der Waals surface area (Å²) in [5.74, 6) is 0.953. The predicted octanol–water partition coefficient (Wildman–Crippen LogP) is 3.06. The second-order valence-electron chi connectivity index (χ2n) is 2.47. The van der Waals surface area contributed by atoms with Gasteiger partial charge < -0.3 is 0 Å². The van der Waals surface area contributed by atoms with Gasteiger partial charge in [0.05, 0.1) is 0 Å². The van der Waals surface area contributed by atoms with E-state index in [1.165, 1.54) is 6.42 Å². The molecule has 0 rings (SSSR count). The summed E-state index contributed by atoms with van der Waals surface area (Å²) in [6.45, 7) is 4.41. The molecule has 0 heterocycles. The highest BCUT2D eigenvalue weighted by Crippen LogP contribution is 2.27. The van der Waals surface area contributed by atoms with Gasteiger partial charge in [-0.25, -0.2) is 0 Å². The fourth-order valence-electron chi connectivity index (χ4n) is 0.438. The third-order valence-corrected chi connectivity index (χ3v) is 4.76. The predicted molar refractivity (Wildman–Crippen MR) is 63.0 cm³/mol. The molecule has 0 bridgehead atoms. The monoisotopic (exact) mass is 224 g/mol. The Labute approximate surface area is 85.6 Å². The summed E-state index contributed by atoms with van der Waals surface area (Å²) in [7, 11) is 2.93. The first kappa shape index (κ1) is 12.6. The molecule has 0 amide bonds. The van der Waals surface area contributed by atoms with E-state index in [4.69, 9.17) is 0 Å². The lowest BCUT2D eigenvalue weighted by Gasteiger charge is -2.04. The average molecular weight is 224 g/mol. The van der Waals surface area contributed by atoms with Crippen molar-refractivity contribution in [3.63, 3.8) is 0 Å². The first-order chi connectivity index (χ1) is 5.66. The van der Waals surface area contributed by atoms with Gasteiger partial charge >= 0.3 is 0 Å². The Morgan fingerprint density at radius 2 is 2.25 bits per heavy atom. The van der Waals surface area contributed by atoms with E-state index in [0.717, 1.165) is 11.0 Å². The van der Waals surface area contributed by atoms with E-state index in [-0.39, 0.29) is 0 Å². The van der Waals surface area contributed by atoms with Gasteiger partial charge in [0.2, 0.25) is 0 Å². The van der Waals surface area contributed by atoms with Crippen LogP contribution in [0, 0.1) is 0 Å². The van der Waals surface area contributed by atoms with Crippen LogP contribution in [0.25, 0.3) is 0 Å². The van der Waals surface area contributed by atoms with E-state index in [0.29, 0.717) is 0 Å². The van der Waals surface area contributed by atoms with Crippen molar-refractivity contribution in [2.24, 2.45) is 0 Å². The van der Waals surface area contributed by atoms with Crippen molar-refractivity contribution >= 4 is 32.4 Å². The molecule has 2 atom stereocenters. The lowest BCUT2D eigenvalue weighted by atomic mass is 10.4. The zero-order valence-electron chi connectivity index (χ0n) is 7.78. The van der Waals surface area contributed by atoms with E-state index in [2.05, 4.69) is 13.8 Å². The molecule has 0 aliphatic heterocycles. The Balaban J connectivity index is 3.26. The molecule has 0 aliphatic rings. The van der Waals surface area contributed by atoms with Crippen molar-refractivity contribution in [3.05, 3.63) is 11.5 Å². The first-order valence-corrected chi connectivity index (χ1v) is 7.94. The molecule has 0 unspecified atom stereocenters. The third kappa shape index (κ3) is 8.68. The van der Waals surface area contributed by atoms with Crippen LogP contribution in [-0.4, -0.2) is 21.5 Å². The van der Waals surface area contributed by atoms with Crippen LogP contribution >= 0.6 is 21.6 Å². The molecule has 0 aliphatic carbocycles. The summed E-state index contributed by atoms with van der Waals surface area (Å²) in [4.78, 5) is 0. The molecule has 1 nitrogen and oxygen atoms in total. The van der Waals surface area contributed by atoms with Crippen LogP contribution in [0.1, 0.15) is 20.3 Å². The van der Waals surface area contributed by atoms with Gasteiger partial charge in [-0.2, -0.15) is 0 Å². The summed E-state index contributed by atoms with van der Waals surface area (Å²) < 4.78 is 10.6. The zero-order valence-corrected chi connectivity index (χ0v) is 10.2. The highest BCUT2D eigenvalue weighted by molar-refractivity contribution is 8.77. The van der Waals surface area contributed by atoms with Crippen molar-refractivity contribution < 1.29 is 4.21 Å². The van der Waals surface area contributed by atoms with Gasteiger partial charge in [0.15, 0.2) is 0 Å². The van der Waals surface area contributed by atoms with E-state index >= 15 is 0 Å². The molecule has 0 N–H and O–H groups in total. The lowest BCUT2D eigenvalue weighted by Crippen LogP contribution is -1.88. The second-order valence-corrected chi connectivity index (χ2v) is 6.59. The van der Waals surface area contributed by atoms with Gasteiger partial charge in [-0.3, -0.25) is 4.21 Å². The van der Waals surface area contributed by atoms with Gasteiger partial charge in [0, 0.05) is 28.1 Å². The standard InChI is InChI=1S/C8H16OS3/c1-4-8(2)11-10-6-5-7-12(3)9/h5,7-8H,4,6H2,1-3H3/b7-5+/t8-,12+/m1/s1. The molecule has 4 heteroatoms. The molecule has 0 radical (unpaired) electrons. The van der Waals surface area contributed by atoms with Crippen LogP contribution in [0.3, 0.4) is 0 Å². The van der Waals surface area contributed by atoms with E-state index in [1.807, 2.05) is 27.7 Å². The number of hydrogen-bond donors (Lipinski definition) is 0. The summed E-state index contributed by atoms with van der Waals surface area (Å²) in [6.07, 6.45) is 4.86. The maximum Gasteiger partial charge on any atom is 0.0421 e. The topological polar surface area (TPSA) is 17.1 Å². The maximum atomic E-state index is 10.6. The summed E-state index contributed by atoms with van der Waals surface area (Å²) in [5, 5.41) is 2.46. The van der Waals surface area contributed by atoms with Crippen LogP contribution < -0.4 is 0 Å². The van der Waals surface area contributed by atoms with Crippen molar-refractivity contribution in [3.8, 4) is 0 Å². The minimum Gasteiger partial charge on any atom is -0.255 e. The van der Waals surface area contributed by atoms with E-state index in [9.17, 15) is 4.21 Å². The van der Waals surface area contributed by atoms with Gasteiger partial charge in [0.1, 0.15) is 0 Å².